The van der Waals surface area contributed by atoms with Crippen molar-refractivity contribution in [3.63, 3.8) is 0 Å². The highest BCUT2D eigenvalue weighted by Crippen LogP contribution is 2.16. The van der Waals surface area contributed by atoms with Crippen molar-refractivity contribution in [2.45, 2.75) is 13.0 Å². The highest BCUT2D eigenvalue weighted by atomic mass is 16.5. The Morgan fingerprint density at radius 3 is 2.30 bits per heavy atom. The molecule has 0 aliphatic rings. The second-order valence-corrected chi connectivity index (χ2v) is 5.19. The van der Waals surface area contributed by atoms with E-state index < -0.39 is 0 Å². The second kappa shape index (κ2) is 8.19. The minimum absolute atomic E-state index is 0.0365. The molecule has 0 amide bonds. The molecule has 2 aromatic carbocycles. The largest absolute Gasteiger partial charge is 0.497 e. The standard InChI is InChI=1S/C18H22N2O3/c1-13(18(21)14-3-5-15(19)6-4-14)20-11-12-23-17-9-7-16(22-2)8-10-17/h3-10,13,20H,11-12,19H2,1-2H3. The average Bonchev–Trinajstić information content (AvgIpc) is 2.59. The number of carbonyl (C=O) groups is 1. The number of nitrogens with two attached hydrogens (primary N) is 1. The number of nitrogen functional groups attached to an aromatic ring is 1. The molecular weight excluding hydrogens is 292 g/mol. The maximum absolute atomic E-state index is 12.2. The van der Waals surface area contributed by atoms with Crippen LogP contribution in [0.1, 0.15) is 17.3 Å². The molecule has 0 fully saturated rings. The number of ether oxygens (including phenoxy) is 2. The topological polar surface area (TPSA) is 73.6 Å². The number of benzene rings is 2. The van der Waals surface area contributed by atoms with Gasteiger partial charge in [0, 0.05) is 17.8 Å². The van der Waals surface area contributed by atoms with Gasteiger partial charge in [-0.15, -0.1) is 0 Å². The molecule has 122 valence electrons. The fraction of sp³-hybridized carbons (Fsp3) is 0.278. The lowest BCUT2D eigenvalue weighted by molar-refractivity contribution is 0.0949. The zero-order chi connectivity index (χ0) is 16.7. The third-order valence-electron chi connectivity index (χ3n) is 3.47. The van der Waals surface area contributed by atoms with Crippen LogP contribution >= 0.6 is 0 Å². The van der Waals surface area contributed by atoms with Crippen LogP contribution in [-0.4, -0.2) is 32.1 Å². The van der Waals surface area contributed by atoms with E-state index in [1.165, 1.54) is 0 Å². The Morgan fingerprint density at radius 1 is 1.09 bits per heavy atom. The summed E-state index contributed by atoms with van der Waals surface area (Å²) >= 11 is 0. The summed E-state index contributed by atoms with van der Waals surface area (Å²) in [4.78, 5) is 12.2. The van der Waals surface area contributed by atoms with E-state index in [0.29, 0.717) is 24.4 Å². The first-order valence-electron chi connectivity index (χ1n) is 7.50. The Balaban J connectivity index is 1.74. The lowest BCUT2D eigenvalue weighted by atomic mass is 10.1. The predicted molar refractivity (Wildman–Crippen MR) is 91.1 cm³/mol. The number of carbonyl (C=O) groups excluding carboxylic acids is 1. The number of Topliss-reactive ketones (excluding diaryl/α,β-unsaturated/α-hetero) is 1. The van der Waals surface area contributed by atoms with Crippen LogP contribution < -0.4 is 20.5 Å². The van der Waals surface area contributed by atoms with Crippen molar-refractivity contribution in [1.82, 2.24) is 5.32 Å². The smallest absolute Gasteiger partial charge is 0.179 e. The molecule has 0 aromatic heterocycles. The molecule has 5 heteroatoms. The van der Waals surface area contributed by atoms with Gasteiger partial charge < -0.3 is 20.5 Å². The summed E-state index contributed by atoms with van der Waals surface area (Å²) in [5, 5.41) is 3.16. The summed E-state index contributed by atoms with van der Waals surface area (Å²) in [5.74, 6) is 1.60. The van der Waals surface area contributed by atoms with E-state index >= 15 is 0 Å². The van der Waals surface area contributed by atoms with Gasteiger partial charge in [0.05, 0.1) is 13.2 Å². The second-order valence-electron chi connectivity index (χ2n) is 5.19. The molecule has 2 rings (SSSR count). The Hall–Kier alpha value is -2.53. The summed E-state index contributed by atoms with van der Waals surface area (Å²) in [6, 6.07) is 14.0. The van der Waals surface area contributed by atoms with Crippen molar-refractivity contribution in [3.8, 4) is 11.5 Å². The van der Waals surface area contributed by atoms with Gasteiger partial charge in [0.1, 0.15) is 18.1 Å². The summed E-state index contributed by atoms with van der Waals surface area (Å²) in [6.45, 7) is 2.89. The Labute approximate surface area is 136 Å². The van der Waals surface area contributed by atoms with Gasteiger partial charge in [-0.25, -0.2) is 0 Å². The van der Waals surface area contributed by atoms with Crippen LogP contribution in [0.4, 0.5) is 5.69 Å². The van der Waals surface area contributed by atoms with E-state index in [1.54, 1.807) is 31.4 Å². The third kappa shape index (κ3) is 5.00. The number of hydrogen-bond donors (Lipinski definition) is 2. The number of methoxy groups -OCH3 is 1. The van der Waals surface area contributed by atoms with E-state index in [0.717, 1.165) is 11.5 Å². The Bertz CT molecular complexity index is 624. The van der Waals surface area contributed by atoms with Gasteiger partial charge in [-0.3, -0.25) is 4.79 Å². The molecule has 0 saturated heterocycles. The van der Waals surface area contributed by atoms with Crippen molar-refractivity contribution < 1.29 is 14.3 Å². The van der Waals surface area contributed by atoms with Crippen LogP contribution in [0.3, 0.4) is 0 Å². The van der Waals surface area contributed by atoms with Crippen LogP contribution in [0.5, 0.6) is 11.5 Å². The van der Waals surface area contributed by atoms with E-state index in [-0.39, 0.29) is 11.8 Å². The average molecular weight is 314 g/mol. The highest BCUT2D eigenvalue weighted by molar-refractivity contribution is 6.00. The van der Waals surface area contributed by atoms with E-state index in [9.17, 15) is 4.79 Å². The minimum atomic E-state index is -0.280. The minimum Gasteiger partial charge on any atom is -0.497 e. The SMILES string of the molecule is COc1ccc(OCCNC(C)C(=O)c2ccc(N)cc2)cc1. The molecular formula is C18H22N2O3. The maximum Gasteiger partial charge on any atom is 0.179 e. The predicted octanol–water partition coefficient (Wildman–Crippen LogP) is 2.52. The van der Waals surface area contributed by atoms with Crippen molar-refractivity contribution in [2.75, 3.05) is 26.0 Å². The molecule has 0 radical (unpaired) electrons. The van der Waals surface area contributed by atoms with Gasteiger partial charge in [-0.05, 0) is 55.5 Å². The molecule has 0 spiro atoms. The van der Waals surface area contributed by atoms with E-state index in [1.807, 2.05) is 31.2 Å². The molecule has 3 N–H and O–H groups in total. The number of ketones is 1. The first-order chi connectivity index (χ1) is 11.1. The van der Waals surface area contributed by atoms with Gasteiger partial charge in [-0.2, -0.15) is 0 Å². The molecule has 1 unspecified atom stereocenters. The van der Waals surface area contributed by atoms with Gasteiger partial charge >= 0.3 is 0 Å². The highest BCUT2D eigenvalue weighted by Gasteiger charge is 2.14. The van der Waals surface area contributed by atoms with Crippen LogP contribution in [-0.2, 0) is 0 Å². The summed E-state index contributed by atoms with van der Waals surface area (Å²) < 4.78 is 10.7. The number of hydrogen-bond acceptors (Lipinski definition) is 5. The van der Waals surface area contributed by atoms with Crippen LogP contribution in [0.15, 0.2) is 48.5 Å². The number of nitrogens with one attached hydrogen (secondary N) is 1. The molecule has 0 aliphatic carbocycles. The lowest BCUT2D eigenvalue weighted by Gasteiger charge is -2.13. The molecule has 5 nitrogen and oxygen atoms in total. The van der Waals surface area contributed by atoms with Crippen molar-refractivity contribution >= 4 is 11.5 Å². The molecule has 0 saturated carbocycles. The van der Waals surface area contributed by atoms with E-state index in [4.69, 9.17) is 15.2 Å². The third-order valence-corrected chi connectivity index (χ3v) is 3.47. The monoisotopic (exact) mass is 314 g/mol. The summed E-state index contributed by atoms with van der Waals surface area (Å²) in [5.41, 5.74) is 6.92. The van der Waals surface area contributed by atoms with Crippen molar-refractivity contribution in [2.24, 2.45) is 0 Å². The maximum atomic E-state index is 12.2. The number of anilines is 1. The fourth-order valence-corrected chi connectivity index (χ4v) is 2.11. The molecule has 0 bridgehead atoms. The summed E-state index contributed by atoms with van der Waals surface area (Å²) in [6.07, 6.45) is 0. The van der Waals surface area contributed by atoms with E-state index in [2.05, 4.69) is 5.32 Å². The van der Waals surface area contributed by atoms with Crippen LogP contribution in [0.2, 0.25) is 0 Å². The zero-order valence-electron chi connectivity index (χ0n) is 13.4. The van der Waals surface area contributed by atoms with Gasteiger partial charge in [0.2, 0.25) is 0 Å². The number of rotatable bonds is 8. The Morgan fingerprint density at radius 2 is 1.70 bits per heavy atom. The normalized spacial score (nSPS) is 11.7. The molecule has 0 aliphatic heterocycles. The quantitative estimate of drug-likeness (QED) is 0.445. The Kier molecular flexibility index (Phi) is 6.00. The van der Waals surface area contributed by atoms with Gasteiger partial charge in [0.15, 0.2) is 5.78 Å². The van der Waals surface area contributed by atoms with Crippen LogP contribution in [0.25, 0.3) is 0 Å². The van der Waals surface area contributed by atoms with Crippen molar-refractivity contribution in [3.05, 3.63) is 54.1 Å². The molecule has 1 atom stereocenters. The fourth-order valence-electron chi connectivity index (χ4n) is 2.11. The molecule has 0 heterocycles. The van der Waals surface area contributed by atoms with Gasteiger partial charge in [-0.1, -0.05) is 0 Å². The first kappa shape index (κ1) is 16.8. The molecule has 2 aromatic rings. The summed E-state index contributed by atoms with van der Waals surface area (Å²) in [7, 11) is 1.62. The zero-order valence-corrected chi connectivity index (χ0v) is 13.4. The van der Waals surface area contributed by atoms with Crippen LogP contribution in [0, 0.1) is 0 Å². The first-order valence-corrected chi connectivity index (χ1v) is 7.50. The van der Waals surface area contributed by atoms with Gasteiger partial charge in [0.25, 0.3) is 0 Å². The lowest BCUT2D eigenvalue weighted by Crippen LogP contribution is -2.36. The van der Waals surface area contributed by atoms with Crippen molar-refractivity contribution in [1.29, 1.82) is 0 Å². The molecule has 23 heavy (non-hydrogen) atoms.